The minimum atomic E-state index is -1.78. The van der Waals surface area contributed by atoms with Crippen LogP contribution in [0.25, 0.3) is 0 Å². The van der Waals surface area contributed by atoms with E-state index in [1.54, 1.807) is 0 Å². The molecule has 0 aromatic carbocycles. The molecule has 1 rings (SSSR count). The van der Waals surface area contributed by atoms with Crippen molar-refractivity contribution in [3.8, 4) is 0 Å². The van der Waals surface area contributed by atoms with Crippen LogP contribution in [0.2, 0.25) is 0 Å². The summed E-state index contributed by atoms with van der Waals surface area (Å²) in [5.41, 5.74) is 0. The number of carbonyl (C=O) groups excluding carboxylic acids is 1. The van der Waals surface area contributed by atoms with Gasteiger partial charge in [0.25, 0.3) is 0 Å². The molecule has 5 N–H and O–H groups in total. The third kappa shape index (κ3) is 11.0. The van der Waals surface area contributed by atoms with Crippen LogP contribution in [0.5, 0.6) is 0 Å². The maximum absolute atomic E-state index is 12.2. The van der Waals surface area contributed by atoms with Gasteiger partial charge >= 0.3 is 0 Å². The number of allylic oxidation sites excluding steroid dienone is 2. The van der Waals surface area contributed by atoms with E-state index in [9.17, 15) is 30.3 Å². The second-order valence-corrected chi connectivity index (χ2v) is 8.71. The van der Waals surface area contributed by atoms with Crippen LogP contribution in [0, 0.1) is 0 Å². The molecule has 1 fully saturated rings. The van der Waals surface area contributed by atoms with Crippen molar-refractivity contribution in [2.75, 3.05) is 0 Å². The molecule has 1 aliphatic heterocycles. The summed E-state index contributed by atoms with van der Waals surface area (Å²) in [5, 5.41) is 48.5. The minimum Gasteiger partial charge on any atom is -0.387 e. The van der Waals surface area contributed by atoms with Gasteiger partial charge in [-0.15, -0.1) is 0 Å². The molecule has 182 valence electrons. The van der Waals surface area contributed by atoms with Crippen LogP contribution < -0.4 is 0 Å². The Labute approximate surface area is 187 Å². The zero-order chi connectivity index (χ0) is 23.1. The summed E-state index contributed by atoms with van der Waals surface area (Å²) in [4.78, 5) is 12.2. The molecule has 0 spiro atoms. The van der Waals surface area contributed by atoms with Crippen LogP contribution in [0.1, 0.15) is 96.8 Å². The lowest BCUT2D eigenvalue weighted by Crippen LogP contribution is -2.61. The fourth-order valence-electron chi connectivity index (χ4n) is 3.84. The summed E-state index contributed by atoms with van der Waals surface area (Å²) in [6, 6.07) is 0. The van der Waals surface area contributed by atoms with E-state index in [1.165, 1.54) is 44.9 Å². The van der Waals surface area contributed by atoms with E-state index in [0.717, 1.165) is 32.1 Å². The van der Waals surface area contributed by atoms with Crippen molar-refractivity contribution in [3.63, 3.8) is 0 Å². The highest BCUT2D eigenvalue weighted by Gasteiger charge is 2.47. The minimum absolute atomic E-state index is 0.234. The predicted molar refractivity (Wildman–Crippen MR) is 119 cm³/mol. The molecule has 0 radical (unpaired) electrons. The number of carbonyl (C=O) groups is 1. The zero-order valence-electron chi connectivity index (χ0n) is 19.1. The van der Waals surface area contributed by atoms with Gasteiger partial charge in [-0.3, -0.25) is 4.79 Å². The molecule has 1 aliphatic rings. The average molecular weight is 445 g/mol. The third-order valence-corrected chi connectivity index (χ3v) is 5.94. The lowest BCUT2D eigenvalue weighted by molar-refractivity contribution is -0.276. The molecule has 0 bridgehead atoms. The summed E-state index contributed by atoms with van der Waals surface area (Å²) in [5.74, 6) is -0.784. The van der Waals surface area contributed by atoms with Crippen LogP contribution in [-0.2, 0) is 9.53 Å². The van der Waals surface area contributed by atoms with Crippen LogP contribution in [0.3, 0.4) is 0 Å². The highest BCUT2D eigenvalue weighted by molar-refractivity contribution is 5.87. The Morgan fingerprint density at radius 3 is 1.87 bits per heavy atom. The molecule has 7 heteroatoms. The first-order chi connectivity index (χ1) is 14.9. The van der Waals surface area contributed by atoms with Gasteiger partial charge in [0.1, 0.15) is 24.4 Å². The van der Waals surface area contributed by atoms with Gasteiger partial charge in [0.05, 0.1) is 0 Å². The van der Waals surface area contributed by atoms with Crippen LogP contribution in [0.4, 0.5) is 0 Å². The van der Waals surface area contributed by atoms with Gasteiger partial charge in [0.2, 0.25) is 0 Å². The summed E-state index contributed by atoms with van der Waals surface area (Å²) < 4.78 is 4.87. The molecule has 1 unspecified atom stereocenters. The highest BCUT2D eigenvalue weighted by Crippen LogP contribution is 2.22. The summed E-state index contributed by atoms with van der Waals surface area (Å²) in [6.45, 7) is 2.24. The quantitative estimate of drug-likeness (QED) is 0.172. The lowest BCUT2D eigenvalue weighted by atomic mass is 9.92. The number of rotatable bonds is 17. The normalized spacial score (nSPS) is 27.6. The van der Waals surface area contributed by atoms with Crippen molar-refractivity contribution in [2.45, 2.75) is 134 Å². The van der Waals surface area contributed by atoms with E-state index in [1.807, 2.05) is 0 Å². The molecule has 31 heavy (non-hydrogen) atoms. The second kappa shape index (κ2) is 16.8. The number of hydrogen-bond donors (Lipinski definition) is 5. The standard InChI is InChI=1S/C24H44O7/c1-2-3-4-5-6-7-8-9-10-11-12-13-14-15-16-17-18(25)19(26)23-21(28)20(27)22(29)24(30)31-23/h9-10,18,20-25,27-30H,2-8,11-17H2,1H3/t18?,20-,21-,22+,23+,24-/m0/s1. The largest absolute Gasteiger partial charge is 0.387 e. The number of aliphatic hydroxyl groups is 5. The topological polar surface area (TPSA) is 127 Å². The number of ether oxygens (including phenoxy) is 1. The first-order valence-electron chi connectivity index (χ1n) is 12.1. The van der Waals surface area contributed by atoms with E-state index in [0.29, 0.717) is 6.42 Å². The first-order valence-corrected chi connectivity index (χ1v) is 12.1. The van der Waals surface area contributed by atoms with E-state index in [2.05, 4.69) is 19.1 Å². The van der Waals surface area contributed by atoms with Crippen molar-refractivity contribution in [3.05, 3.63) is 12.2 Å². The zero-order valence-corrected chi connectivity index (χ0v) is 19.1. The Morgan fingerprint density at radius 1 is 0.774 bits per heavy atom. The predicted octanol–water partition coefficient (Wildman–Crippen LogP) is 2.75. The monoisotopic (exact) mass is 444 g/mol. The van der Waals surface area contributed by atoms with Crippen LogP contribution >= 0.6 is 0 Å². The lowest BCUT2D eigenvalue weighted by Gasteiger charge is -2.38. The molecule has 6 atom stereocenters. The second-order valence-electron chi connectivity index (χ2n) is 8.71. The van der Waals surface area contributed by atoms with Crippen molar-refractivity contribution >= 4 is 5.78 Å². The molecule has 0 aliphatic carbocycles. The molecule has 0 aromatic rings. The highest BCUT2D eigenvalue weighted by atomic mass is 16.6. The molecular formula is C24H44O7. The average Bonchev–Trinajstić information content (AvgIpc) is 2.76. The SMILES string of the molecule is CCCCCCCCC=CCCCCCCCC(O)C(=O)[C@H]1O[C@H](O)[C@H](O)[C@@H](O)[C@@H]1O. The van der Waals surface area contributed by atoms with Gasteiger partial charge in [0.15, 0.2) is 18.2 Å². The number of hydrogen-bond acceptors (Lipinski definition) is 7. The van der Waals surface area contributed by atoms with Gasteiger partial charge in [0, 0.05) is 0 Å². The van der Waals surface area contributed by atoms with Gasteiger partial charge in [-0.2, -0.15) is 0 Å². The van der Waals surface area contributed by atoms with Crippen LogP contribution in [0.15, 0.2) is 12.2 Å². The molecule has 1 saturated heterocycles. The Hall–Kier alpha value is -0.830. The van der Waals surface area contributed by atoms with Crippen molar-refractivity contribution < 1.29 is 35.1 Å². The number of ketones is 1. The molecule has 7 nitrogen and oxygen atoms in total. The van der Waals surface area contributed by atoms with Gasteiger partial charge in [-0.25, -0.2) is 0 Å². The Balaban J connectivity index is 2.03. The summed E-state index contributed by atoms with van der Waals surface area (Å²) >= 11 is 0. The summed E-state index contributed by atoms with van der Waals surface area (Å²) in [7, 11) is 0. The van der Waals surface area contributed by atoms with Gasteiger partial charge < -0.3 is 30.3 Å². The number of aliphatic hydroxyl groups excluding tert-OH is 5. The fourth-order valence-corrected chi connectivity index (χ4v) is 3.84. The Kier molecular flexibility index (Phi) is 15.2. The fraction of sp³-hybridized carbons (Fsp3) is 0.875. The molecular weight excluding hydrogens is 400 g/mol. The summed E-state index contributed by atoms with van der Waals surface area (Å²) in [6.07, 6.45) is 10.1. The van der Waals surface area contributed by atoms with Gasteiger partial charge in [-0.05, 0) is 32.1 Å². The van der Waals surface area contributed by atoms with E-state index in [-0.39, 0.29) is 6.42 Å². The molecule has 0 aromatic heterocycles. The van der Waals surface area contributed by atoms with E-state index >= 15 is 0 Å². The van der Waals surface area contributed by atoms with Crippen LogP contribution in [-0.4, -0.2) is 68.1 Å². The van der Waals surface area contributed by atoms with E-state index in [4.69, 9.17) is 4.74 Å². The number of Topliss-reactive ketones (excluding diaryl/α,β-unsaturated/α-hetero) is 1. The maximum atomic E-state index is 12.2. The molecule has 0 saturated carbocycles. The van der Waals surface area contributed by atoms with Crippen molar-refractivity contribution in [2.24, 2.45) is 0 Å². The third-order valence-electron chi connectivity index (χ3n) is 5.94. The van der Waals surface area contributed by atoms with E-state index < -0.39 is 42.6 Å². The number of unbranched alkanes of at least 4 members (excludes halogenated alkanes) is 11. The Morgan fingerprint density at radius 2 is 1.29 bits per heavy atom. The molecule has 1 heterocycles. The van der Waals surface area contributed by atoms with Crippen molar-refractivity contribution in [1.29, 1.82) is 0 Å². The van der Waals surface area contributed by atoms with Crippen molar-refractivity contribution in [1.82, 2.24) is 0 Å². The smallest absolute Gasteiger partial charge is 0.192 e. The first kappa shape index (κ1) is 28.2. The van der Waals surface area contributed by atoms with Gasteiger partial charge in [-0.1, -0.05) is 76.9 Å². The molecule has 0 amide bonds. The maximum Gasteiger partial charge on any atom is 0.192 e. The Bertz CT molecular complexity index is 496.